The Morgan fingerprint density at radius 3 is 2.54 bits per heavy atom. The minimum Gasteiger partial charge on any atom is -0.389 e. The SMILES string of the molecule is CC1=C(C=O)C(C)(C)[C@H](C)CC1O. The first-order valence-electron chi connectivity index (χ1n) is 4.75. The molecule has 1 rings (SSSR count). The van der Waals surface area contributed by atoms with Gasteiger partial charge >= 0.3 is 0 Å². The van der Waals surface area contributed by atoms with Gasteiger partial charge in [0.15, 0.2) is 0 Å². The highest BCUT2D eigenvalue weighted by Gasteiger charge is 2.37. The van der Waals surface area contributed by atoms with Crippen molar-refractivity contribution < 1.29 is 9.90 Å². The average Bonchev–Trinajstić information content (AvgIpc) is 2.02. The van der Waals surface area contributed by atoms with Gasteiger partial charge in [0, 0.05) is 0 Å². The maximum atomic E-state index is 10.9. The van der Waals surface area contributed by atoms with E-state index in [2.05, 4.69) is 20.8 Å². The summed E-state index contributed by atoms with van der Waals surface area (Å²) in [6.45, 7) is 8.06. The van der Waals surface area contributed by atoms with E-state index in [9.17, 15) is 9.90 Å². The van der Waals surface area contributed by atoms with Gasteiger partial charge in [-0.05, 0) is 35.8 Å². The van der Waals surface area contributed by atoms with Crippen LogP contribution in [0.2, 0.25) is 0 Å². The minimum absolute atomic E-state index is 0.0922. The maximum Gasteiger partial charge on any atom is 0.146 e. The van der Waals surface area contributed by atoms with Crippen LogP contribution in [0, 0.1) is 11.3 Å². The Hall–Kier alpha value is -0.630. The largest absolute Gasteiger partial charge is 0.389 e. The Labute approximate surface area is 79.6 Å². The van der Waals surface area contributed by atoms with Crippen LogP contribution in [0.15, 0.2) is 11.1 Å². The third-order valence-corrected chi connectivity index (χ3v) is 3.55. The van der Waals surface area contributed by atoms with Crippen molar-refractivity contribution >= 4 is 6.29 Å². The normalized spacial score (nSPS) is 33.3. The number of hydrogen-bond acceptors (Lipinski definition) is 2. The van der Waals surface area contributed by atoms with E-state index in [-0.39, 0.29) is 5.41 Å². The second-order valence-electron chi connectivity index (χ2n) is 4.59. The Balaban J connectivity index is 3.18. The zero-order chi connectivity index (χ0) is 10.2. The van der Waals surface area contributed by atoms with Crippen molar-refractivity contribution in [2.75, 3.05) is 0 Å². The Bertz CT molecular complexity index is 251. The molecule has 0 aromatic rings. The topological polar surface area (TPSA) is 37.3 Å². The zero-order valence-corrected chi connectivity index (χ0v) is 8.79. The molecule has 0 aromatic heterocycles. The molecular weight excluding hydrogens is 164 g/mol. The van der Waals surface area contributed by atoms with Gasteiger partial charge in [0.1, 0.15) is 6.29 Å². The van der Waals surface area contributed by atoms with Gasteiger partial charge in [-0.1, -0.05) is 20.8 Å². The van der Waals surface area contributed by atoms with Crippen LogP contribution in [0.25, 0.3) is 0 Å². The highest BCUT2D eigenvalue weighted by molar-refractivity contribution is 5.77. The van der Waals surface area contributed by atoms with Gasteiger partial charge in [-0.3, -0.25) is 4.79 Å². The molecule has 1 aliphatic carbocycles. The molecule has 0 bridgehead atoms. The zero-order valence-electron chi connectivity index (χ0n) is 8.79. The fraction of sp³-hybridized carbons (Fsp3) is 0.727. The van der Waals surface area contributed by atoms with Crippen molar-refractivity contribution in [3.8, 4) is 0 Å². The lowest BCUT2D eigenvalue weighted by molar-refractivity contribution is -0.106. The van der Waals surface area contributed by atoms with Crippen LogP contribution in [-0.2, 0) is 4.79 Å². The molecule has 2 nitrogen and oxygen atoms in total. The van der Waals surface area contributed by atoms with Gasteiger partial charge in [0.25, 0.3) is 0 Å². The Morgan fingerprint density at radius 1 is 1.54 bits per heavy atom. The predicted molar refractivity (Wildman–Crippen MR) is 52.3 cm³/mol. The summed E-state index contributed by atoms with van der Waals surface area (Å²) in [5.41, 5.74) is 1.53. The quantitative estimate of drug-likeness (QED) is 0.629. The summed E-state index contributed by atoms with van der Waals surface area (Å²) in [7, 11) is 0. The van der Waals surface area contributed by atoms with E-state index in [1.165, 1.54) is 0 Å². The van der Waals surface area contributed by atoms with Crippen LogP contribution >= 0.6 is 0 Å². The van der Waals surface area contributed by atoms with Crippen molar-refractivity contribution in [3.05, 3.63) is 11.1 Å². The van der Waals surface area contributed by atoms with Crippen LogP contribution in [0.3, 0.4) is 0 Å². The number of carbonyl (C=O) groups is 1. The Morgan fingerprint density at radius 2 is 2.08 bits per heavy atom. The van der Waals surface area contributed by atoms with Crippen LogP contribution in [-0.4, -0.2) is 17.5 Å². The molecule has 0 heterocycles. The standard InChI is InChI=1S/C11H18O2/c1-7-5-10(13)8(2)9(6-12)11(7,3)4/h6-7,10,13H,5H2,1-4H3/t7-,10?/m1/s1. The molecule has 0 spiro atoms. The average molecular weight is 182 g/mol. The van der Waals surface area contributed by atoms with E-state index in [1.807, 2.05) is 6.92 Å². The van der Waals surface area contributed by atoms with E-state index >= 15 is 0 Å². The molecular formula is C11H18O2. The molecule has 0 saturated heterocycles. The van der Waals surface area contributed by atoms with Gasteiger partial charge in [-0.25, -0.2) is 0 Å². The lowest BCUT2D eigenvalue weighted by Crippen LogP contribution is -2.35. The molecule has 0 radical (unpaired) electrons. The van der Waals surface area contributed by atoms with E-state index in [1.54, 1.807) is 0 Å². The smallest absolute Gasteiger partial charge is 0.146 e. The molecule has 2 heteroatoms. The molecule has 13 heavy (non-hydrogen) atoms. The van der Waals surface area contributed by atoms with Crippen LogP contribution in [0.5, 0.6) is 0 Å². The molecule has 0 saturated carbocycles. The summed E-state index contributed by atoms with van der Waals surface area (Å²) in [6, 6.07) is 0. The van der Waals surface area contributed by atoms with Crippen molar-refractivity contribution in [2.45, 2.75) is 40.2 Å². The summed E-state index contributed by atoms with van der Waals surface area (Å²) in [6.07, 6.45) is 1.23. The fourth-order valence-electron chi connectivity index (χ4n) is 2.00. The highest BCUT2D eigenvalue weighted by atomic mass is 16.3. The maximum absolute atomic E-state index is 10.9. The number of allylic oxidation sites excluding steroid dienone is 1. The van der Waals surface area contributed by atoms with Gasteiger partial charge in [0.05, 0.1) is 6.10 Å². The third kappa shape index (κ3) is 1.55. The van der Waals surface area contributed by atoms with Crippen molar-refractivity contribution in [3.63, 3.8) is 0 Å². The van der Waals surface area contributed by atoms with Crippen LogP contribution in [0.4, 0.5) is 0 Å². The summed E-state index contributed by atoms with van der Waals surface area (Å²) in [5.74, 6) is 0.353. The molecule has 0 aromatic carbocycles. The summed E-state index contributed by atoms with van der Waals surface area (Å²) < 4.78 is 0. The molecule has 1 unspecified atom stereocenters. The summed E-state index contributed by atoms with van der Waals surface area (Å²) >= 11 is 0. The minimum atomic E-state index is -0.428. The first-order valence-corrected chi connectivity index (χ1v) is 4.75. The second kappa shape index (κ2) is 3.26. The van der Waals surface area contributed by atoms with Crippen molar-refractivity contribution in [2.24, 2.45) is 11.3 Å². The molecule has 74 valence electrons. The monoisotopic (exact) mass is 182 g/mol. The summed E-state index contributed by atoms with van der Waals surface area (Å²) in [4.78, 5) is 10.9. The Kier molecular flexibility index (Phi) is 2.62. The molecule has 1 aliphatic rings. The van der Waals surface area contributed by atoms with Gasteiger partial charge in [-0.2, -0.15) is 0 Å². The molecule has 0 fully saturated rings. The second-order valence-corrected chi connectivity index (χ2v) is 4.59. The number of carbonyl (C=O) groups excluding carboxylic acids is 1. The lowest BCUT2D eigenvalue weighted by Gasteiger charge is -2.39. The van der Waals surface area contributed by atoms with Crippen molar-refractivity contribution in [1.29, 1.82) is 0 Å². The number of aliphatic hydroxyl groups excluding tert-OH is 1. The van der Waals surface area contributed by atoms with E-state index in [0.29, 0.717) is 5.92 Å². The van der Waals surface area contributed by atoms with Gasteiger partial charge < -0.3 is 5.11 Å². The fourth-order valence-corrected chi connectivity index (χ4v) is 2.00. The van der Waals surface area contributed by atoms with Crippen LogP contribution < -0.4 is 0 Å². The summed E-state index contributed by atoms with van der Waals surface area (Å²) in [5, 5.41) is 9.67. The highest BCUT2D eigenvalue weighted by Crippen LogP contribution is 2.43. The number of aldehydes is 1. The third-order valence-electron chi connectivity index (χ3n) is 3.55. The number of aliphatic hydroxyl groups is 1. The first-order chi connectivity index (χ1) is 5.91. The van der Waals surface area contributed by atoms with E-state index in [4.69, 9.17) is 0 Å². The number of rotatable bonds is 1. The van der Waals surface area contributed by atoms with Gasteiger partial charge in [-0.15, -0.1) is 0 Å². The van der Waals surface area contributed by atoms with E-state index in [0.717, 1.165) is 23.9 Å². The van der Waals surface area contributed by atoms with E-state index < -0.39 is 6.10 Å². The number of hydrogen-bond donors (Lipinski definition) is 1. The van der Waals surface area contributed by atoms with Gasteiger partial charge in [0.2, 0.25) is 0 Å². The molecule has 1 N–H and O–H groups in total. The lowest BCUT2D eigenvalue weighted by atomic mass is 9.66. The molecule has 0 aliphatic heterocycles. The van der Waals surface area contributed by atoms with Crippen molar-refractivity contribution in [1.82, 2.24) is 0 Å². The predicted octanol–water partition coefficient (Wildman–Crippen LogP) is 1.93. The van der Waals surface area contributed by atoms with Crippen LogP contribution in [0.1, 0.15) is 34.1 Å². The molecule has 2 atom stereocenters. The first kappa shape index (κ1) is 10.5. The molecule has 0 amide bonds.